The number of hydrogen-bond acceptors (Lipinski definition) is 3. The number of aromatic nitrogens is 2. The van der Waals surface area contributed by atoms with Gasteiger partial charge in [0.15, 0.2) is 0 Å². The fourth-order valence-corrected chi connectivity index (χ4v) is 3.80. The van der Waals surface area contributed by atoms with Gasteiger partial charge in [-0.15, -0.1) is 0 Å². The molecule has 1 fully saturated rings. The van der Waals surface area contributed by atoms with E-state index in [4.69, 9.17) is 0 Å². The minimum absolute atomic E-state index is 0.122. The molecule has 0 aliphatic carbocycles. The summed E-state index contributed by atoms with van der Waals surface area (Å²) in [4.78, 5) is 15.0. The van der Waals surface area contributed by atoms with Gasteiger partial charge in [0.2, 0.25) is 0 Å². The van der Waals surface area contributed by atoms with Crippen LogP contribution in [-0.2, 0) is 0 Å². The van der Waals surface area contributed by atoms with Crippen molar-refractivity contribution < 1.29 is 4.79 Å². The van der Waals surface area contributed by atoms with Crippen LogP contribution >= 0.6 is 11.8 Å². The molecule has 0 unspecified atom stereocenters. The molecule has 1 amide bonds. The molecule has 1 aliphatic rings. The molecule has 0 radical (unpaired) electrons. The monoisotopic (exact) mass is 315 g/mol. The fraction of sp³-hybridized carbons (Fsp3) is 0.412. The number of piperidine rings is 1. The van der Waals surface area contributed by atoms with Gasteiger partial charge in [0.25, 0.3) is 5.91 Å². The number of carbonyl (C=O) groups is 1. The van der Waals surface area contributed by atoms with Gasteiger partial charge in [-0.3, -0.25) is 4.79 Å². The van der Waals surface area contributed by atoms with Gasteiger partial charge in [0, 0.05) is 25.5 Å². The van der Waals surface area contributed by atoms with Crippen LogP contribution in [0.4, 0.5) is 0 Å². The van der Waals surface area contributed by atoms with Crippen LogP contribution in [0, 0.1) is 5.92 Å². The van der Waals surface area contributed by atoms with Crippen molar-refractivity contribution in [2.75, 3.05) is 25.1 Å². The Morgan fingerprint density at radius 2 is 2.23 bits per heavy atom. The minimum atomic E-state index is 0.122. The summed E-state index contributed by atoms with van der Waals surface area (Å²) in [7, 11) is 0. The van der Waals surface area contributed by atoms with Crippen molar-refractivity contribution in [1.29, 1.82) is 0 Å². The van der Waals surface area contributed by atoms with Crippen molar-refractivity contribution >= 4 is 17.7 Å². The highest BCUT2D eigenvalue weighted by Gasteiger charge is 2.25. The van der Waals surface area contributed by atoms with Crippen LogP contribution in [-0.4, -0.2) is 45.7 Å². The Bertz CT molecular complexity index is 625. The summed E-state index contributed by atoms with van der Waals surface area (Å²) in [5.74, 6) is 1.87. The Morgan fingerprint density at radius 3 is 3.00 bits per heavy atom. The third kappa shape index (κ3) is 3.19. The van der Waals surface area contributed by atoms with Crippen LogP contribution in [0.25, 0.3) is 5.69 Å². The van der Waals surface area contributed by atoms with Gasteiger partial charge < -0.3 is 4.90 Å². The Morgan fingerprint density at radius 1 is 1.36 bits per heavy atom. The molecule has 1 aromatic carbocycles. The van der Waals surface area contributed by atoms with Crippen LogP contribution in [0.1, 0.15) is 23.2 Å². The summed E-state index contributed by atoms with van der Waals surface area (Å²) in [6, 6.07) is 9.59. The number of hydrogen-bond donors (Lipinski definition) is 0. The van der Waals surface area contributed by atoms with E-state index in [1.165, 1.54) is 6.42 Å². The van der Waals surface area contributed by atoms with Gasteiger partial charge in [-0.1, -0.05) is 12.1 Å². The van der Waals surface area contributed by atoms with Gasteiger partial charge in [0.05, 0.1) is 11.3 Å². The maximum absolute atomic E-state index is 12.9. The van der Waals surface area contributed by atoms with Crippen LogP contribution in [0.15, 0.2) is 42.7 Å². The quantitative estimate of drug-likeness (QED) is 0.870. The van der Waals surface area contributed by atoms with E-state index in [-0.39, 0.29) is 5.91 Å². The molecule has 2 heterocycles. The predicted molar refractivity (Wildman–Crippen MR) is 90.6 cm³/mol. The SMILES string of the molecule is CSC[C@@H]1CCCN(C(=O)c2ccccc2-n2cccn2)C1. The second-order valence-electron chi connectivity index (χ2n) is 5.68. The highest BCUT2D eigenvalue weighted by Crippen LogP contribution is 2.23. The summed E-state index contributed by atoms with van der Waals surface area (Å²) < 4.78 is 1.76. The molecule has 22 heavy (non-hydrogen) atoms. The zero-order valence-corrected chi connectivity index (χ0v) is 13.6. The molecule has 2 aromatic rings. The molecule has 3 rings (SSSR count). The van der Waals surface area contributed by atoms with Crippen molar-refractivity contribution in [3.05, 3.63) is 48.3 Å². The summed E-state index contributed by atoms with van der Waals surface area (Å²) in [6.45, 7) is 1.73. The molecular weight excluding hydrogens is 294 g/mol. The lowest BCUT2D eigenvalue weighted by Crippen LogP contribution is -2.41. The van der Waals surface area contributed by atoms with Gasteiger partial charge in [-0.25, -0.2) is 4.68 Å². The number of thioether (sulfide) groups is 1. The van der Waals surface area contributed by atoms with Crippen molar-refractivity contribution in [1.82, 2.24) is 14.7 Å². The van der Waals surface area contributed by atoms with E-state index < -0.39 is 0 Å². The first-order valence-corrected chi connectivity index (χ1v) is 9.06. The maximum atomic E-state index is 12.9. The summed E-state index contributed by atoms with van der Waals surface area (Å²) in [5.41, 5.74) is 1.58. The smallest absolute Gasteiger partial charge is 0.256 e. The lowest BCUT2D eigenvalue weighted by molar-refractivity contribution is 0.0685. The molecule has 1 aliphatic heterocycles. The van der Waals surface area contributed by atoms with E-state index >= 15 is 0 Å². The summed E-state index contributed by atoms with van der Waals surface area (Å²) in [5, 5.41) is 4.26. The number of carbonyl (C=O) groups excluding carboxylic acids is 1. The van der Waals surface area contributed by atoms with Gasteiger partial charge in [0.1, 0.15) is 0 Å². The summed E-state index contributed by atoms with van der Waals surface area (Å²) >= 11 is 1.87. The highest BCUT2D eigenvalue weighted by atomic mass is 32.2. The van der Waals surface area contributed by atoms with E-state index in [1.807, 2.05) is 53.2 Å². The van der Waals surface area contributed by atoms with Crippen LogP contribution in [0.2, 0.25) is 0 Å². The lowest BCUT2D eigenvalue weighted by atomic mass is 9.99. The van der Waals surface area contributed by atoms with E-state index in [2.05, 4.69) is 11.4 Å². The van der Waals surface area contributed by atoms with Crippen molar-refractivity contribution in [2.45, 2.75) is 12.8 Å². The maximum Gasteiger partial charge on any atom is 0.256 e. The topological polar surface area (TPSA) is 38.1 Å². The van der Waals surface area contributed by atoms with Crippen molar-refractivity contribution in [2.24, 2.45) is 5.92 Å². The van der Waals surface area contributed by atoms with Gasteiger partial charge >= 0.3 is 0 Å². The molecule has 0 bridgehead atoms. The zero-order valence-electron chi connectivity index (χ0n) is 12.8. The van der Waals surface area contributed by atoms with Crippen molar-refractivity contribution in [3.8, 4) is 5.69 Å². The fourth-order valence-electron chi connectivity index (χ4n) is 3.06. The second-order valence-corrected chi connectivity index (χ2v) is 6.59. The Hall–Kier alpha value is -1.75. The largest absolute Gasteiger partial charge is 0.338 e. The number of likely N-dealkylation sites (tertiary alicyclic amines) is 1. The molecule has 116 valence electrons. The molecule has 5 heteroatoms. The molecular formula is C17H21N3OS. The van der Waals surface area contributed by atoms with E-state index in [1.54, 1.807) is 10.9 Å². The lowest BCUT2D eigenvalue weighted by Gasteiger charge is -2.33. The molecule has 1 aromatic heterocycles. The number of amides is 1. The average Bonchev–Trinajstić information content (AvgIpc) is 3.09. The minimum Gasteiger partial charge on any atom is -0.338 e. The molecule has 4 nitrogen and oxygen atoms in total. The average molecular weight is 315 g/mol. The Kier molecular flexibility index (Phi) is 4.83. The second kappa shape index (κ2) is 7.01. The van der Waals surface area contributed by atoms with Gasteiger partial charge in [-0.2, -0.15) is 16.9 Å². The van der Waals surface area contributed by atoms with Crippen LogP contribution in [0.3, 0.4) is 0 Å². The predicted octanol–water partition coefficient (Wildman–Crippen LogP) is 3.09. The normalized spacial score (nSPS) is 18.4. The molecule has 0 N–H and O–H groups in total. The molecule has 0 spiro atoms. The third-order valence-electron chi connectivity index (χ3n) is 4.09. The first-order chi connectivity index (χ1) is 10.8. The molecule has 1 saturated heterocycles. The molecule has 0 saturated carbocycles. The number of rotatable bonds is 4. The first kappa shape index (κ1) is 15.2. The summed E-state index contributed by atoms with van der Waals surface area (Å²) in [6.07, 6.45) is 8.07. The van der Waals surface area contributed by atoms with E-state index in [0.717, 1.165) is 36.5 Å². The number of benzene rings is 1. The number of nitrogens with zero attached hydrogens (tertiary/aromatic N) is 3. The van der Waals surface area contributed by atoms with Gasteiger partial charge in [-0.05, 0) is 49.0 Å². The standard InChI is InChI=1S/C17H21N3OS/c1-22-13-14-6-4-10-19(12-14)17(21)15-7-2-3-8-16(15)20-11-5-9-18-20/h2-3,5,7-9,11,14H,4,6,10,12-13H2,1H3/t14-/m1/s1. The Balaban J connectivity index is 1.83. The third-order valence-corrected chi connectivity index (χ3v) is 4.90. The number of para-hydroxylation sites is 1. The van der Waals surface area contributed by atoms with E-state index in [9.17, 15) is 4.79 Å². The van der Waals surface area contributed by atoms with Crippen LogP contribution < -0.4 is 0 Å². The first-order valence-electron chi connectivity index (χ1n) is 7.67. The molecule has 1 atom stereocenters. The van der Waals surface area contributed by atoms with Crippen LogP contribution in [0.5, 0.6) is 0 Å². The van der Waals surface area contributed by atoms with E-state index in [0.29, 0.717) is 5.92 Å². The Labute approximate surface area is 135 Å². The highest BCUT2D eigenvalue weighted by molar-refractivity contribution is 7.98. The van der Waals surface area contributed by atoms with Crippen molar-refractivity contribution in [3.63, 3.8) is 0 Å². The zero-order chi connectivity index (χ0) is 15.4.